The molecule has 2 heteroatoms. The molecule has 0 amide bonds. The van der Waals surface area contributed by atoms with Crippen LogP contribution in [-0.2, 0) is 0 Å². The SMILES string of the molecule is c1ccc2c(c1)-c1cccc3cccc(c13)C2c1ccc(N(c2ccc3ccccc3c2)c2ccc3sc4ccccc4c3c2)cc1. The molecular weight excluding hydrogens is 587 g/mol. The first kappa shape index (κ1) is 26.5. The monoisotopic (exact) mass is 615 g/mol. The lowest BCUT2D eigenvalue weighted by molar-refractivity contribution is 0.982. The molecule has 1 atom stereocenters. The van der Waals surface area contributed by atoms with Gasteiger partial charge in [-0.05, 0) is 97.9 Å². The molecular formula is C45H29NS. The number of nitrogens with zero attached hydrogens (tertiary/aromatic N) is 1. The van der Waals surface area contributed by atoms with E-state index >= 15 is 0 Å². The molecule has 0 spiro atoms. The van der Waals surface area contributed by atoms with Crippen molar-refractivity contribution in [2.75, 3.05) is 4.90 Å². The highest BCUT2D eigenvalue weighted by molar-refractivity contribution is 7.25. The van der Waals surface area contributed by atoms with Crippen molar-refractivity contribution >= 4 is 70.1 Å². The predicted octanol–water partition coefficient (Wildman–Crippen LogP) is 13.0. The second-order valence-corrected chi connectivity index (χ2v) is 13.6. The number of rotatable bonds is 4. The summed E-state index contributed by atoms with van der Waals surface area (Å²) in [6, 6.07) is 62.8. The van der Waals surface area contributed by atoms with Crippen LogP contribution in [0.15, 0.2) is 170 Å². The molecule has 1 unspecified atom stereocenters. The summed E-state index contributed by atoms with van der Waals surface area (Å²) in [5.74, 6) is 0.168. The second-order valence-electron chi connectivity index (χ2n) is 12.5. The van der Waals surface area contributed by atoms with E-state index in [0.29, 0.717) is 0 Å². The molecule has 220 valence electrons. The van der Waals surface area contributed by atoms with Crippen molar-refractivity contribution in [2.24, 2.45) is 0 Å². The van der Waals surface area contributed by atoms with Gasteiger partial charge in [-0.3, -0.25) is 0 Å². The molecule has 0 bridgehead atoms. The Bertz CT molecular complexity index is 2640. The maximum Gasteiger partial charge on any atom is 0.0468 e. The van der Waals surface area contributed by atoms with E-state index in [1.54, 1.807) is 0 Å². The van der Waals surface area contributed by atoms with Gasteiger partial charge in [0.15, 0.2) is 0 Å². The molecule has 1 aliphatic rings. The average Bonchev–Trinajstić information content (AvgIpc) is 3.51. The van der Waals surface area contributed by atoms with Gasteiger partial charge in [0.25, 0.3) is 0 Å². The first-order chi connectivity index (χ1) is 23.3. The topological polar surface area (TPSA) is 3.24 Å². The Labute approximate surface area is 277 Å². The Kier molecular flexibility index (Phi) is 5.88. The Morgan fingerprint density at radius 2 is 1.04 bits per heavy atom. The lowest BCUT2D eigenvalue weighted by Gasteiger charge is -2.30. The summed E-state index contributed by atoms with van der Waals surface area (Å²) in [5, 5.41) is 7.77. The van der Waals surface area contributed by atoms with Gasteiger partial charge < -0.3 is 4.90 Å². The number of thiophene rings is 1. The molecule has 9 aromatic rings. The van der Waals surface area contributed by atoms with Crippen LogP contribution in [-0.4, -0.2) is 0 Å². The van der Waals surface area contributed by atoms with Crippen LogP contribution in [0.4, 0.5) is 17.1 Å². The minimum atomic E-state index is 0.168. The molecule has 1 nitrogen and oxygen atoms in total. The number of benzene rings is 8. The predicted molar refractivity (Wildman–Crippen MR) is 202 cm³/mol. The van der Waals surface area contributed by atoms with E-state index in [-0.39, 0.29) is 5.92 Å². The fourth-order valence-corrected chi connectivity index (χ4v) is 8.87. The standard InChI is InChI=1S/C45H29NS/c1-2-10-32-27-34(24-19-29(32)9-1)46(35-25-26-43-41(28-35)37-14-5-6-18-42(37)47-43)33-22-20-31(21-23-33)45-38-15-4-3-13-36(38)39-16-7-11-30-12-8-17-40(45)44(30)39/h1-28,45H. The Morgan fingerprint density at radius 3 is 1.96 bits per heavy atom. The lowest BCUT2D eigenvalue weighted by Crippen LogP contribution is -2.12. The van der Waals surface area contributed by atoms with Crippen molar-refractivity contribution in [1.82, 2.24) is 0 Å². The molecule has 0 aliphatic heterocycles. The number of fused-ring (bicyclic) bond motifs is 6. The molecule has 0 saturated heterocycles. The fourth-order valence-electron chi connectivity index (χ4n) is 7.79. The molecule has 8 aromatic carbocycles. The van der Waals surface area contributed by atoms with Crippen LogP contribution in [0.1, 0.15) is 22.6 Å². The lowest BCUT2D eigenvalue weighted by atomic mass is 9.74. The van der Waals surface area contributed by atoms with E-state index in [0.717, 1.165) is 17.1 Å². The van der Waals surface area contributed by atoms with Crippen molar-refractivity contribution in [3.8, 4) is 11.1 Å². The number of anilines is 3. The number of hydrogen-bond acceptors (Lipinski definition) is 2. The van der Waals surface area contributed by atoms with E-state index < -0.39 is 0 Å². The van der Waals surface area contributed by atoms with Crippen molar-refractivity contribution < 1.29 is 0 Å². The Hall–Kier alpha value is -5.70. The molecule has 10 rings (SSSR count). The molecule has 1 heterocycles. The smallest absolute Gasteiger partial charge is 0.0468 e. The van der Waals surface area contributed by atoms with Gasteiger partial charge in [-0.15, -0.1) is 11.3 Å². The van der Waals surface area contributed by atoms with Gasteiger partial charge >= 0.3 is 0 Å². The van der Waals surface area contributed by atoms with Crippen LogP contribution in [0.2, 0.25) is 0 Å². The van der Waals surface area contributed by atoms with Crippen LogP contribution in [0.3, 0.4) is 0 Å². The Balaban J connectivity index is 1.15. The van der Waals surface area contributed by atoms with Crippen LogP contribution in [0, 0.1) is 0 Å². The van der Waals surface area contributed by atoms with Crippen LogP contribution in [0.25, 0.3) is 52.8 Å². The van der Waals surface area contributed by atoms with Gasteiger partial charge in [-0.1, -0.05) is 121 Å². The molecule has 1 aliphatic carbocycles. The van der Waals surface area contributed by atoms with Crippen LogP contribution >= 0.6 is 11.3 Å². The second kappa shape index (κ2) is 10.4. The average molecular weight is 616 g/mol. The third-order valence-corrected chi connectivity index (χ3v) is 11.1. The van der Waals surface area contributed by atoms with Gasteiger partial charge in [-0.2, -0.15) is 0 Å². The highest BCUT2D eigenvalue weighted by Crippen LogP contribution is 2.48. The molecule has 0 fully saturated rings. The molecule has 0 radical (unpaired) electrons. The van der Waals surface area contributed by atoms with Crippen LogP contribution < -0.4 is 4.90 Å². The molecule has 1 aromatic heterocycles. The largest absolute Gasteiger partial charge is 0.310 e. The zero-order valence-electron chi connectivity index (χ0n) is 25.6. The summed E-state index contributed by atoms with van der Waals surface area (Å²) in [5.41, 5.74) is 10.2. The molecule has 47 heavy (non-hydrogen) atoms. The summed E-state index contributed by atoms with van der Waals surface area (Å²) in [4.78, 5) is 2.41. The summed E-state index contributed by atoms with van der Waals surface area (Å²) in [6.07, 6.45) is 0. The van der Waals surface area contributed by atoms with E-state index in [1.807, 2.05) is 11.3 Å². The van der Waals surface area contributed by atoms with Crippen molar-refractivity contribution in [3.05, 3.63) is 187 Å². The van der Waals surface area contributed by atoms with Crippen molar-refractivity contribution in [3.63, 3.8) is 0 Å². The van der Waals surface area contributed by atoms with E-state index in [2.05, 4.69) is 175 Å². The van der Waals surface area contributed by atoms with Gasteiger partial charge in [0.05, 0.1) is 0 Å². The fraction of sp³-hybridized carbons (Fsp3) is 0.0222. The van der Waals surface area contributed by atoms with Gasteiger partial charge in [0.2, 0.25) is 0 Å². The van der Waals surface area contributed by atoms with Crippen molar-refractivity contribution in [2.45, 2.75) is 5.92 Å². The summed E-state index contributed by atoms with van der Waals surface area (Å²) >= 11 is 1.86. The maximum atomic E-state index is 2.41. The maximum absolute atomic E-state index is 2.41. The van der Waals surface area contributed by atoms with Gasteiger partial charge in [-0.25, -0.2) is 0 Å². The zero-order chi connectivity index (χ0) is 30.9. The van der Waals surface area contributed by atoms with E-state index in [1.165, 1.54) is 69.5 Å². The summed E-state index contributed by atoms with van der Waals surface area (Å²) in [6.45, 7) is 0. The third-order valence-electron chi connectivity index (χ3n) is 9.90. The minimum Gasteiger partial charge on any atom is -0.310 e. The highest BCUT2D eigenvalue weighted by atomic mass is 32.1. The first-order valence-corrected chi connectivity index (χ1v) is 17.0. The normalized spacial score (nSPS) is 13.7. The van der Waals surface area contributed by atoms with E-state index in [9.17, 15) is 0 Å². The van der Waals surface area contributed by atoms with E-state index in [4.69, 9.17) is 0 Å². The van der Waals surface area contributed by atoms with Crippen molar-refractivity contribution in [1.29, 1.82) is 0 Å². The minimum absolute atomic E-state index is 0.168. The van der Waals surface area contributed by atoms with Gasteiger partial charge in [0.1, 0.15) is 0 Å². The number of hydrogen-bond donors (Lipinski definition) is 0. The first-order valence-electron chi connectivity index (χ1n) is 16.2. The summed E-state index contributed by atoms with van der Waals surface area (Å²) < 4.78 is 2.64. The molecule has 0 saturated carbocycles. The van der Waals surface area contributed by atoms with Gasteiger partial charge in [0, 0.05) is 43.2 Å². The summed E-state index contributed by atoms with van der Waals surface area (Å²) in [7, 11) is 0. The van der Waals surface area contributed by atoms with Crippen LogP contribution in [0.5, 0.6) is 0 Å². The Morgan fingerprint density at radius 1 is 0.404 bits per heavy atom. The zero-order valence-corrected chi connectivity index (χ0v) is 26.4. The molecule has 0 N–H and O–H groups in total. The third kappa shape index (κ3) is 4.15. The highest BCUT2D eigenvalue weighted by Gasteiger charge is 2.28. The quantitative estimate of drug-likeness (QED) is 0.190.